The van der Waals surface area contributed by atoms with Gasteiger partial charge in [-0.1, -0.05) is 0 Å². The minimum absolute atomic E-state index is 0.0903. The number of hydrogen-bond donors (Lipinski definition) is 0. The van der Waals surface area contributed by atoms with E-state index < -0.39 is 9.84 Å². The molecule has 0 atom stereocenters. The first-order valence-electron chi connectivity index (χ1n) is 2.07. The summed E-state index contributed by atoms with van der Waals surface area (Å²) in [6.45, 7) is 0. The topological polar surface area (TPSA) is 60.6 Å². The van der Waals surface area contributed by atoms with Crippen LogP contribution in [0.5, 0.6) is 0 Å². The number of nitrogens with zero attached hydrogens (tertiary/aromatic N) is 2. The summed E-state index contributed by atoms with van der Waals surface area (Å²) in [5, 5.41) is -0.0903. The van der Waals surface area contributed by atoms with Crippen molar-refractivity contribution in [3.05, 3.63) is 0 Å². The third-order valence-electron chi connectivity index (χ3n) is 0.673. The molecule has 1 rings (SSSR count). The molecule has 0 saturated carbocycles. The highest BCUT2D eigenvalue weighted by molar-refractivity contribution is 8.13. The SMILES string of the molecule is CS(=O)(=O)C1=[N+]SC=N1. The number of hydrogen-bond acceptors (Lipinski definition) is 5. The van der Waals surface area contributed by atoms with Gasteiger partial charge < -0.3 is 0 Å². The van der Waals surface area contributed by atoms with Crippen molar-refractivity contribution in [2.75, 3.05) is 6.26 Å². The van der Waals surface area contributed by atoms with Gasteiger partial charge in [-0.2, -0.15) is 0 Å². The third-order valence-corrected chi connectivity index (χ3v) is 2.13. The minimum Gasteiger partial charge on any atom is -0.216 e. The van der Waals surface area contributed by atoms with Crippen LogP contribution in [-0.4, -0.2) is 25.4 Å². The smallest absolute Gasteiger partial charge is 0.216 e. The standard InChI is InChI=1S/C3H4N2O2S2/c1-9(6,7)3-4-2-8-5-3/h2H,1H3/q+1. The minimum atomic E-state index is -3.17. The van der Waals surface area contributed by atoms with E-state index in [0.717, 1.165) is 18.2 Å². The van der Waals surface area contributed by atoms with E-state index >= 15 is 0 Å². The molecule has 0 unspecified atom stereocenters. The zero-order valence-corrected chi connectivity index (χ0v) is 6.24. The summed E-state index contributed by atoms with van der Waals surface area (Å²) in [5.74, 6) is 0. The Morgan fingerprint density at radius 1 is 1.78 bits per heavy atom. The summed E-state index contributed by atoms with van der Waals surface area (Å²) in [7, 11) is -3.17. The normalized spacial score (nSPS) is 18.1. The monoisotopic (exact) mass is 164 g/mol. The molecule has 1 aliphatic rings. The fourth-order valence-electron chi connectivity index (χ4n) is 0.324. The van der Waals surface area contributed by atoms with Crippen LogP contribution in [0.1, 0.15) is 0 Å². The van der Waals surface area contributed by atoms with Crippen LogP contribution >= 0.6 is 11.9 Å². The van der Waals surface area contributed by atoms with Crippen molar-refractivity contribution in [1.82, 2.24) is 4.40 Å². The molecule has 1 heterocycles. The van der Waals surface area contributed by atoms with Crippen molar-refractivity contribution >= 4 is 32.5 Å². The average molecular weight is 164 g/mol. The Labute approximate surface area is 57.1 Å². The van der Waals surface area contributed by atoms with Gasteiger partial charge in [0.1, 0.15) is 0 Å². The number of rotatable bonds is 0. The highest BCUT2D eigenvalue weighted by atomic mass is 32.2. The van der Waals surface area contributed by atoms with E-state index in [1.807, 2.05) is 0 Å². The zero-order valence-electron chi connectivity index (χ0n) is 4.60. The van der Waals surface area contributed by atoms with E-state index in [4.69, 9.17) is 0 Å². The molecule has 6 heteroatoms. The molecule has 0 saturated heterocycles. The van der Waals surface area contributed by atoms with Crippen molar-refractivity contribution in [2.24, 2.45) is 4.99 Å². The van der Waals surface area contributed by atoms with E-state index in [0.29, 0.717) is 0 Å². The maximum Gasteiger partial charge on any atom is 0.466 e. The highest BCUT2D eigenvalue weighted by Crippen LogP contribution is 2.00. The van der Waals surface area contributed by atoms with Gasteiger partial charge in [0.05, 0.1) is 6.26 Å². The molecular formula is C3H4N2O2S2+. The maximum atomic E-state index is 10.6. The second-order valence-electron chi connectivity index (χ2n) is 1.49. The predicted octanol–water partition coefficient (Wildman–Crippen LogP) is -0.587. The van der Waals surface area contributed by atoms with Crippen LogP contribution in [0.2, 0.25) is 0 Å². The Bertz CT molecular complexity index is 264. The van der Waals surface area contributed by atoms with Gasteiger partial charge in [0.15, 0.2) is 11.9 Å². The average Bonchev–Trinajstić information content (AvgIpc) is 2.08. The molecule has 0 fully saturated rings. The van der Waals surface area contributed by atoms with Gasteiger partial charge in [0.25, 0.3) is 9.84 Å². The second-order valence-corrected chi connectivity index (χ2v) is 4.00. The lowest BCUT2D eigenvalue weighted by molar-refractivity contribution is 0.612. The fourth-order valence-corrected chi connectivity index (χ4v) is 1.64. The first-order chi connectivity index (χ1) is 4.11. The quantitative estimate of drug-likeness (QED) is 0.450. The van der Waals surface area contributed by atoms with Gasteiger partial charge in [-0.25, -0.2) is 8.42 Å². The van der Waals surface area contributed by atoms with Crippen LogP contribution in [0, 0.1) is 0 Å². The number of sulfone groups is 1. The lowest BCUT2D eigenvalue weighted by Gasteiger charge is -1.75. The summed E-state index contributed by atoms with van der Waals surface area (Å²) >= 11 is 1.03. The number of amidine groups is 1. The predicted molar refractivity (Wildman–Crippen MR) is 38.1 cm³/mol. The molecule has 0 N–H and O–H groups in total. The molecule has 1 aliphatic heterocycles. The van der Waals surface area contributed by atoms with Crippen molar-refractivity contribution in [3.8, 4) is 0 Å². The summed E-state index contributed by atoms with van der Waals surface area (Å²) in [6, 6.07) is 0. The van der Waals surface area contributed by atoms with Crippen LogP contribution in [-0.2, 0) is 9.84 Å². The molecule has 0 amide bonds. The molecule has 0 aromatic carbocycles. The highest BCUT2D eigenvalue weighted by Gasteiger charge is 2.27. The largest absolute Gasteiger partial charge is 0.466 e. The van der Waals surface area contributed by atoms with Crippen molar-refractivity contribution < 1.29 is 8.42 Å². The van der Waals surface area contributed by atoms with E-state index in [1.165, 1.54) is 5.55 Å². The Kier molecular flexibility index (Phi) is 1.58. The first kappa shape index (κ1) is 6.76. The maximum absolute atomic E-state index is 10.6. The van der Waals surface area contributed by atoms with Crippen molar-refractivity contribution in [1.29, 1.82) is 0 Å². The van der Waals surface area contributed by atoms with Gasteiger partial charge in [0.2, 0.25) is 5.55 Å². The summed E-state index contributed by atoms with van der Waals surface area (Å²) in [6.07, 6.45) is 1.08. The first-order valence-corrected chi connectivity index (χ1v) is 4.80. The van der Waals surface area contributed by atoms with Crippen molar-refractivity contribution in [3.63, 3.8) is 0 Å². The molecule has 4 nitrogen and oxygen atoms in total. The van der Waals surface area contributed by atoms with Crippen LogP contribution in [0.25, 0.3) is 0 Å². The van der Waals surface area contributed by atoms with E-state index in [1.54, 1.807) is 0 Å². The van der Waals surface area contributed by atoms with E-state index in [2.05, 4.69) is 9.39 Å². The Morgan fingerprint density at radius 3 is 2.67 bits per heavy atom. The molecule has 0 aromatic rings. The zero-order chi connectivity index (χ0) is 6.91. The van der Waals surface area contributed by atoms with Gasteiger partial charge in [0, 0.05) is 4.40 Å². The molecule has 1 radical (unpaired) electrons. The lowest BCUT2D eigenvalue weighted by atomic mass is 11.3. The van der Waals surface area contributed by atoms with Gasteiger partial charge in [-0.3, -0.25) is 0 Å². The summed E-state index contributed by atoms with van der Waals surface area (Å²) in [5.41, 5.74) is 1.39. The summed E-state index contributed by atoms with van der Waals surface area (Å²) in [4.78, 5) is 3.51. The van der Waals surface area contributed by atoms with Crippen LogP contribution in [0.4, 0.5) is 0 Å². The third kappa shape index (κ3) is 1.52. The fraction of sp³-hybridized carbons (Fsp3) is 0.333. The van der Waals surface area contributed by atoms with Gasteiger partial charge >= 0.3 is 5.17 Å². The second kappa shape index (κ2) is 2.11. The molecule has 0 aromatic heterocycles. The Morgan fingerprint density at radius 2 is 2.44 bits per heavy atom. The molecule has 0 spiro atoms. The molecular weight excluding hydrogens is 160 g/mol. The Hall–Kier alpha value is -0.360. The molecule has 0 aliphatic carbocycles. The van der Waals surface area contributed by atoms with Crippen LogP contribution < -0.4 is 4.40 Å². The van der Waals surface area contributed by atoms with E-state index in [9.17, 15) is 8.42 Å². The molecule has 0 bridgehead atoms. The summed E-state index contributed by atoms with van der Waals surface area (Å²) < 4.78 is 24.7. The number of aliphatic imine (C=N–C) groups is 1. The van der Waals surface area contributed by atoms with Gasteiger partial charge in [-0.15, -0.1) is 0 Å². The molecule has 9 heavy (non-hydrogen) atoms. The molecule has 49 valence electrons. The van der Waals surface area contributed by atoms with Gasteiger partial charge in [-0.05, 0) is 4.99 Å². The Balaban J connectivity index is 3.01. The van der Waals surface area contributed by atoms with E-state index in [-0.39, 0.29) is 5.17 Å². The van der Waals surface area contributed by atoms with Crippen LogP contribution in [0.15, 0.2) is 4.99 Å². The lowest BCUT2D eigenvalue weighted by Crippen LogP contribution is -2.11. The van der Waals surface area contributed by atoms with Crippen LogP contribution in [0.3, 0.4) is 0 Å². The van der Waals surface area contributed by atoms with Crippen molar-refractivity contribution in [2.45, 2.75) is 0 Å².